The number of hydrogen-bond acceptors (Lipinski definition) is 7. The average Bonchev–Trinajstić information content (AvgIpc) is 3.02. The second kappa shape index (κ2) is 7.23. The third-order valence-electron chi connectivity index (χ3n) is 3.57. The summed E-state index contributed by atoms with van der Waals surface area (Å²) < 4.78 is 9.97. The molecule has 1 aliphatic rings. The lowest BCUT2D eigenvalue weighted by Crippen LogP contribution is -2.53. The molecular weight excluding hydrogens is 300 g/mol. The molecule has 0 aromatic heterocycles. The van der Waals surface area contributed by atoms with Crippen LogP contribution in [0.4, 0.5) is 0 Å². The number of esters is 2. The quantitative estimate of drug-likeness (QED) is 0.757. The Balaban J connectivity index is 2.29. The first-order valence-corrected chi connectivity index (χ1v) is 7.46. The van der Waals surface area contributed by atoms with Crippen LogP contribution in [0.3, 0.4) is 0 Å². The standard InChI is InChI=1S/C16H20N2O5/c1-3-22-14(20)12-10-16(18-17-12,15(21)23-4-2)13(19)11-8-6-5-7-9-11/h5-9,13,18-19H,3-4,10H2,1-2H3. The van der Waals surface area contributed by atoms with E-state index in [0.717, 1.165) is 0 Å². The number of rotatable bonds is 6. The first-order valence-electron chi connectivity index (χ1n) is 7.46. The molecule has 2 unspecified atom stereocenters. The first-order chi connectivity index (χ1) is 11.0. The summed E-state index contributed by atoms with van der Waals surface area (Å²) in [5.41, 5.74) is 1.64. The number of aliphatic hydroxyl groups is 1. The van der Waals surface area contributed by atoms with Crippen LogP contribution in [0.1, 0.15) is 31.9 Å². The number of nitrogens with one attached hydrogen (secondary N) is 1. The molecule has 1 aromatic rings. The van der Waals surface area contributed by atoms with Crippen LogP contribution >= 0.6 is 0 Å². The lowest BCUT2D eigenvalue weighted by Gasteiger charge is -2.31. The molecule has 124 valence electrons. The Bertz CT molecular complexity index is 602. The van der Waals surface area contributed by atoms with Crippen molar-refractivity contribution in [3.63, 3.8) is 0 Å². The van der Waals surface area contributed by atoms with Gasteiger partial charge in [-0.15, -0.1) is 0 Å². The Kier molecular flexibility index (Phi) is 5.33. The van der Waals surface area contributed by atoms with Gasteiger partial charge in [-0.1, -0.05) is 30.3 Å². The van der Waals surface area contributed by atoms with Gasteiger partial charge in [-0.2, -0.15) is 5.10 Å². The smallest absolute Gasteiger partial charge is 0.354 e. The monoisotopic (exact) mass is 320 g/mol. The molecule has 0 aliphatic carbocycles. The minimum atomic E-state index is -1.54. The van der Waals surface area contributed by atoms with E-state index in [4.69, 9.17) is 9.47 Å². The topological polar surface area (TPSA) is 97.2 Å². The second-order valence-corrected chi connectivity index (χ2v) is 5.07. The molecule has 2 N–H and O–H groups in total. The average molecular weight is 320 g/mol. The van der Waals surface area contributed by atoms with Crippen LogP contribution in [0.15, 0.2) is 35.4 Å². The van der Waals surface area contributed by atoms with E-state index >= 15 is 0 Å². The number of benzene rings is 1. The molecular formula is C16H20N2O5. The molecule has 0 radical (unpaired) electrons. The van der Waals surface area contributed by atoms with Crippen molar-refractivity contribution in [2.75, 3.05) is 13.2 Å². The maximum Gasteiger partial charge on any atom is 0.354 e. The van der Waals surface area contributed by atoms with Gasteiger partial charge >= 0.3 is 11.9 Å². The van der Waals surface area contributed by atoms with Gasteiger partial charge in [0.2, 0.25) is 0 Å². The number of nitrogens with zero attached hydrogens (tertiary/aromatic N) is 1. The van der Waals surface area contributed by atoms with Crippen molar-refractivity contribution >= 4 is 17.7 Å². The van der Waals surface area contributed by atoms with Crippen LogP contribution < -0.4 is 5.43 Å². The largest absolute Gasteiger partial charge is 0.464 e. The molecule has 1 aliphatic heterocycles. The van der Waals surface area contributed by atoms with Crippen LogP contribution in [-0.4, -0.2) is 41.5 Å². The third kappa shape index (κ3) is 3.34. The summed E-state index contributed by atoms with van der Waals surface area (Å²) in [5.74, 6) is -1.29. The number of carbonyl (C=O) groups excluding carboxylic acids is 2. The highest BCUT2D eigenvalue weighted by Crippen LogP contribution is 2.34. The Morgan fingerprint density at radius 1 is 1.26 bits per heavy atom. The molecule has 0 fully saturated rings. The van der Waals surface area contributed by atoms with Crippen molar-refractivity contribution in [3.05, 3.63) is 35.9 Å². The van der Waals surface area contributed by atoms with Gasteiger partial charge < -0.3 is 14.6 Å². The van der Waals surface area contributed by atoms with Crippen LogP contribution in [0.5, 0.6) is 0 Å². The molecule has 1 heterocycles. The van der Waals surface area contributed by atoms with Gasteiger partial charge in [0.05, 0.1) is 13.2 Å². The predicted molar refractivity (Wildman–Crippen MR) is 82.6 cm³/mol. The van der Waals surface area contributed by atoms with Crippen LogP contribution in [0.2, 0.25) is 0 Å². The van der Waals surface area contributed by atoms with Gasteiger partial charge in [-0.05, 0) is 19.4 Å². The van der Waals surface area contributed by atoms with Crippen molar-refractivity contribution in [2.45, 2.75) is 31.9 Å². The Morgan fingerprint density at radius 3 is 2.52 bits per heavy atom. The van der Waals surface area contributed by atoms with Crippen LogP contribution in [0, 0.1) is 0 Å². The molecule has 2 rings (SSSR count). The van der Waals surface area contributed by atoms with Gasteiger partial charge in [0, 0.05) is 6.42 Å². The van der Waals surface area contributed by atoms with E-state index in [1.807, 2.05) is 0 Å². The summed E-state index contributed by atoms with van der Waals surface area (Å²) in [6.45, 7) is 3.70. The minimum absolute atomic E-state index is 0.0508. The normalized spacial score (nSPS) is 21.1. The number of ether oxygens (including phenoxy) is 2. The summed E-state index contributed by atoms with van der Waals surface area (Å²) in [6.07, 6.45) is -1.33. The summed E-state index contributed by atoms with van der Waals surface area (Å²) >= 11 is 0. The highest BCUT2D eigenvalue weighted by atomic mass is 16.5. The molecule has 0 saturated carbocycles. The maximum atomic E-state index is 12.4. The van der Waals surface area contributed by atoms with E-state index in [2.05, 4.69) is 10.5 Å². The Morgan fingerprint density at radius 2 is 1.91 bits per heavy atom. The third-order valence-corrected chi connectivity index (χ3v) is 3.57. The zero-order valence-corrected chi connectivity index (χ0v) is 13.1. The summed E-state index contributed by atoms with van der Waals surface area (Å²) in [5, 5.41) is 14.6. The first kappa shape index (κ1) is 17.0. The highest BCUT2D eigenvalue weighted by Gasteiger charge is 2.52. The molecule has 1 aromatic carbocycles. The summed E-state index contributed by atoms with van der Waals surface area (Å²) in [4.78, 5) is 24.3. The molecule has 0 spiro atoms. The lowest BCUT2D eigenvalue weighted by atomic mass is 9.84. The predicted octanol–water partition coefficient (Wildman–Crippen LogP) is 0.934. The van der Waals surface area contributed by atoms with Gasteiger partial charge in [0.15, 0.2) is 5.54 Å². The van der Waals surface area contributed by atoms with Gasteiger partial charge in [-0.25, -0.2) is 9.59 Å². The SMILES string of the molecule is CCOC(=O)C1=NNC(C(=O)OCC)(C(O)c2ccccc2)C1. The fourth-order valence-electron chi connectivity index (χ4n) is 2.41. The van der Waals surface area contributed by atoms with E-state index in [0.29, 0.717) is 5.56 Å². The van der Waals surface area contributed by atoms with Crippen molar-refractivity contribution < 1.29 is 24.2 Å². The van der Waals surface area contributed by atoms with Gasteiger partial charge in [0.25, 0.3) is 0 Å². The molecule has 0 saturated heterocycles. The molecule has 7 nitrogen and oxygen atoms in total. The molecule has 7 heteroatoms. The van der Waals surface area contributed by atoms with E-state index in [1.54, 1.807) is 44.2 Å². The van der Waals surface area contributed by atoms with Crippen LogP contribution in [0.25, 0.3) is 0 Å². The zero-order valence-electron chi connectivity index (χ0n) is 13.1. The van der Waals surface area contributed by atoms with Gasteiger partial charge in [-0.3, -0.25) is 5.43 Å². The Labute approximate surface area is 134 Å². The van der Waals surface area contributed by atoms with E-state index in [-0.39, 0.29) is 25.3 Å². The zero-order chi connectivity index (χ0) is 16.9. The maximum absolute atomic E-state index is 12.4. The molecule has 0 amide bonds. The van der Waals surface area contributed by atoms with Crippen molar-refractivity contribution in [2.24, 2.45) is 5.10 Å². The van der Waals surface area contributed by atoms with E-state index < -0.39 is 23.6 Å². The number of aliphatic hydroxyl groups excluding tert-OH is 1. The lowest BCUT2D eigenvalue weighted by molar-refractivity contribution is -0.156. The van der Waals surface area contributed by atoms with Crippen molar-refractivity contribution in [3.8, 4) is 0 Å². The molecule has 0 bridgehead atoms. The Hall–Kier alpha value is -2.41. The fraction of sp³-hybridized carbons (Fsp3) is 0.438. The van der Waals surface area contributed by atoms with Crippen molar-refractivity contribution in [1.82, 2.24) is 5.43 Å². The van der Waals surface area contributed by atoms with E-state index in [9.17, 15) is 14.7 Å². The fourth-order valence-corrected chi connectivity index (χ4v) is 2.41. The second-order valence-electron chi connectivity index (χ2n) is 5.07. The minimum Gasteiger partial charge on any atom is -0.464 e. The van der Waals surface area contributed by atoms with Gasteiger partial charge in [0.1, 0.15) is 11.8 Å². The number of hydrogen-bond donors (Lipinski definition) is 2. The number of carbonyl (C=O) groups is 2. The number of hydrazone groups is 1. The molecule has 23 heavy (non-hydrogen) atoms. The summed E-state index contributed by atoms with van der Waals surface area (Å²) in [7, 11) is 0. The van der Waals surface area contributed by atoms with Crippen molar-refractivity contribution in [1.29, 1.82) is 0 Å². The van der Waals surface area contributed by atoms with Crippen LogP contribution in [-0.2, 0) is 19.1 Å². The summed E-state index contributed by atoms with van der Waals surface area (Å²) in [6, 6.07) is 8.68. The van der Waals surface area contributed by atoms with E-state index in [1.165, 1.54) is 0 Å². The molecule has 2 atom stereocenters. The highest BCUT2D eigenvalue weighted by molar-refractivity contribution is 6.37.